The van der Waals surface area contributed by atoms with Crippen molar-refractivity contribution in [2.75, 3.05) is 37.7 Å². The maximum absolute atomic E-state index is 12.9. The lowest BCUT2D eigenvalue weighted by molar-refractivity contribution is -0.160. The molecule has 0 fully saturated rings. The lowest BCUT2D eigenvalue weighted by Crippen LogP contribution is -2.49. The number of ether oxygens (including phenoxy) is 4. The Morgan fingerprint density at radius 1 is 0.467 bits per heavy atom. The molecule has 0 aliphatic carbocycles. The Bertz CT molecular complexity index is 1590. The van der Waals surface area contributed by atoms with Gasteiger partial charge in [0.1, 0.15) is 30.0 Å². The monoisotopic (exact) mass is 1080 g/mol. The number of esters is 4. The van der Waals surface area contributed by atoms with Gasteiger partial charge in [-0.25, -0.2) is 4.79 Å². The van der Waals surface area contributed by atoms with E-state index in [2.05, 4.69) is 35.1 Å². The Hall–Kier alpha value is -3.93. The first-order chi connectivity index (χ1) is 35.6. The average molecular weight is 1080 g/mol. The Kier molecular flexibility index (Phi) is 42.8. The summed E-state index contributed by atoms with van der Waals surface area (Å²) in [5, 5.41) is 9.62. The molecule has 0 radical (unpaired) electrons. The van der Waals surface area contributed by atoms with Crippen LogP contribution >= 0.6 is 11.8 Å². The minimum absolute atomic E-state index is 0.0973. The van der Waals surface area contributed by atoms with Gasteiger partial charge in [-0.2, -0.15) is 11.8 Å². The van der Waals surface area contributed by atoms with Crippen molar-refractivity contribution >= 4 is 59.3 Å². The molecule has 6 N–H and O–H groups in total. The van der Waals surface area contributed by atoms with Gasteiger partial charge in [0, 0.05) is 30.8 Å². The molecule has 0 aromatic carbocycles. The van der Waals surface area contributed by atoms with Gasteiger partial charge in [0.25, 0.3) is 0 Å². The van der Waals surface area contributed by atoms with Gasteiger partial charge in [0.15, 0.2) is 0 Å². The smallest absolute Gasteiger partial charge is 0.329 e. The first-order valence-corrected chi connectivity index (χ1v) is 30.0. The van der Waals surface area contributed by atoms with Gasteiger partial charge in [-0.05, 0) is 60.8 Å². The molecule has 17 nitrogen and oxygen atoms in total. The lowest BCUT2D eigenvalue weighted by atomic mass is 10.0. The first-order valence-electron chi connectivity index (χ1n) is 28.9. The van der Waals surface area contributed by atoms with Crippen molar-refractivity contribution in [1.29, 1.82) is 0 Å². The molecular formula is C57H105N5O12S. The molecule has 75 heavy (non-hydrogen) atoms. The van der Waals surface area contributed by atoms with E-state index in [9.17, 15) is 38.4 Å². The second-order valence-corrected chi connectivity index (χ2v) is 23.0. The number of hydrogen-bond acceptors (Lipinski definition) is 14. The molecule has 4 amide bonds. The van der Waals surface area contributed by atoms with Crippen molar-refractivity contribution < 1.29 is 57.3 Å². The summed E-state index contributed by atoms with van der Waals surface area (Å²) < 4.78 is 22.0. The van der Waals surface area contributed by atoms with E-state index in [1.807, 2.05) is 0 Å². The number of amides is 4. The number of nitrogens with two attached hydrogens (primary N) is 1. The standard InChI is InChI=1S/C57H105N5O12S/c1-9-11-13-15-17-19-21-23-25-27-29-31-33-35-51(66)71-42-45(72-52(67)36-34-32-30-28-26-24-22-20-18-16-14-12-10-2)43-75-44-46(58)54(69)61-40-49(64)59-39-48(63)60-41-50(65)62-47(55(70)74-57(6,7)8)37-38-53(68)73-56(3,4)5/h45-47H,9-44,58H2,1-8H3,(H,59,64)(H,60,63)(H,61,69)(H,62,65)/t45-,46+,47+/m1/s1. The molecule has 0 rings (SSSR count). The number of unbranched alkanes of at least 4 members (excludes halogenated alkanes) is 24. The van der Waals surface area contributed by atoms with Crippen molar-refractivity contribution in [1.82, 2.24) is 21.3 Å². The third-order valence-electron chi connectivity index (χ3n) is 12.0. The van der Waals surface area contributed by atoms with Crippen LogP contribution in [0.3, 0.4) is 0 Å². The van der Waals surface area contributed by atoms with Crippen LogP contribution in [-0.4, -0.2) is 115 Å². The summed E-state index contributed by atoms with van der Waals surface area (Å²) >= 11 is 1.26. The second-order valence-electron chi connectivity index (χ2n) is 22.0. The molecule has 436 valence electrons. The average Bonchev–Trinajstić information content (AvgIpc) is 3.33. The summed E-state index contributed by atoms with van der Waals surface area (Å²) in [5.74, 6) is -4.42. The fraction of sp³-hybridized carbons (Fsp3) is 0.860. The maximum atomic E-state index is 12.9. The molecule has 0 saturated heterocycles. The molecular weight excluding hydrogens is 979 g/mol. The van der Waals surface area contributed by atoms with E-state index < -0.39 is 84.6 Å². The van der Waals surface area contributed by atoms with E-state index in [-0.39, 0.29) is 49.3 Å². The third-order valence-corrected chi connectivity index (χ3v) is 13.2. The minimum atomic E-state index is -1.19. The highest BCUT2D eigenvalue weighted by atomic mass is 32.2. The Morgan fingerprint density at radius 3 is 1.31 bits per heavy atom. The van der Waals surface area contributed by atoms with Gasteiger partial charge in [-0.15, -0.1) is 0 Å². The van der Waals surface area contributed by atoms with Gasteiger partial charge >= 0.3 is 23.9 Å². The van der Waals surface area contributed by atoms with E-state index >= 15 is 0 Å². The van der Waals surface area contributed by atoms with E-state index in [4.69, 9.17) is 24.7 Å². The largest absolute Gasteiger partial charge is 0.462 e. The summed E-state index contributed by atoms with van der Waals surface area (Å²) in [5.41, 5.74) is 4.54. The molecule has 0 spiro atoms. The second kappa shape index (κ2) is 45.1. The number of nitrogens with one attached hydrogen (secondary N) is 4. The zero-order valence-corrected chi connectivity index (χ0v) is 48.9. The van der Waals surface area contributed by atoms with Gasteiger partial charge in [0.2, 0.25) is 23.6 Å². The van der Waals surface area contributed by atoms with Crippen LogP contribution in [0.2, 0.25) is 0 Å². The molecule has 0 aromatic rings. The minimum Gasteiger partial charge on any atom is -0.462 e. The Labute approximate surface area is 457 Å². The highest BCUT2D eigenvalue weighted by Crippen LogP contribution is 2.18. The molecule has 3 atom stereocenters. The highest BCUT2D eigenvalue weighted by Gasteiger charge is 2.29. The van der Waals surface area contributed by atoms with Crippen molar-refractivity contribution in [3.63, 3.8) is 0 Å². The fourth-order valence-electron chi connectivity index (χ4n) is 7.90. The Morgan fingerprint density at radius 2 is 0.867 bits per heavy atom. The molecule has 0 aromatic heterocycles. The summed E-state index contributed by atoms with van der Waals surface area (Å²) in [6.07, 6.45) is 30.8. The van der Waals surface area contributed by atoms with Crippen LogP contribution in [0, 0.1) is 0 Å². The molecule has 0 aliphatic heterocycles. The van der Waals surface area contributed by atoms with E-state index in [1.54, 1.807) is 41.5 Å². The SMILES string of the molecule is CCCCCCCCCCCCCCCC(=O)OC[C@H](CSC[C@H](N)C(=O)NCC(=O)NCC(=O)NCC(=O)N[C@@H](CCC(=O)OC(C)(C)C)C(=O)OC(C)(C)C)OC(=O)CCCCCCCCCCCCCCC. The van der Waals surface area contributed by atoms with E-state index in [0.717, 1.165) is 38.5 Å². The molecule has 0 unspecified atom stereocenters. The molecule has 0 bridgehead atoms. The molecule has 18 heteroatoms. The van der Waals surface area contributed by atoms with Crippen LogP contribution in [0.1, 0.15) is 248 Å². The fourth-order valence-corrected chi connectivity index (χ4v) is 8.87. The predicted octanol–water partition coefficient (Wildman–Crippen LogP) is 9.76. The van der Waals surface area contributed by atoms with Crippen LogP contribution in [0.5, 0.6) is 0 Å². The summed E-state index contributed by atoms with van der Waals surface area (Å²) in [7, 11) is 0. The van der Waals surface area contributed by atoms with Crippen molar-refractivity contribution in [2.45, 2.75) is 277 Å². The zero-order valence-electron chi connectivity index (χ0n) is 48.1. The zero-order chi connectivity index (χ0) is 56.2. The molecule has 0 heterocycles. The summed E-state index contributed by atoms with van der Waals surface area (Å²) in [6.45, 7) is 13.0. The number of rotatable bonds is 47. The van der Waals surface area contributed by atoms with Crippen molar-refractivity contribution in [3.8, 4) is 0 Å². The van der Waals surface area contributed by atoms with Crippen LogP contribution in [-0.2, 0) is 57.3 Å². The van der Waals surface area contributed by atoms with Gasteiger partial charge < -0.3 is 45.9 Å². The normalized spacial score (nSPS) is 12.7. The van der Waals surface area contributed by atoms with E-state index in [1.165, 1.54) is 134 Å². The maximum Gasteiger partial charge on any atom is 0.329 e. The van der Waals surface area contributed by atoms with Crippen LogP contribution in [0.15, 0.2) is 0 Å². The third kappa shape index (κ3) is 47.0. The van der Waals surface area contributed by atoms with Crippen LogP contribution in [0.25, 0.3) is 0 Å². The van der Waals surface area contributed by atoms with Gasteiger partial charge in [0.05, 0.1) is 25.7 Å². The number of carbonyl (C=O) groups is 8. The topological polar surface area (TPSA) is 248 Å². The van der Waals surface area contributed by atoms with Crippen molar-refractivity contribution in [3.05, 3.63) is 0 Å². The molecule has 0 aliphatic rings. The Balaban J connectivity index is 4.88. The number of hydrogen-bond donors (Lipinski definition) is 5. The highest BCUT2D eigenvalue weighted by molar-refractivity contribution is 7.99. The van der Waals surface area contributed by atoms with Gasteiger partial charge in [-0.1, -0.05) is 168 Å². The van der Waals surface area contributed by atoms with E-state index in [0.29, 0.717) is 12.8 Å². The quantitative estimate of drug-likeness (QED) is 0.0216. The van der Waals surface area contributed by atoms with Gasteiger partial charge in [-0.3, -0.25) is 33.6 Å². The lowest BCUT2D eigenvalue weighted by Gasteiger charge is -2.25. The van der Waals surface area contributed by atoms with Crippen LogP contribution in [0.4, 0.5) is 0 Å². The number of thioether (sulfide) groups is 1. The molecule has 0 saturated carbocycles. The van der Waals surface area contributed by atoms with Crippen molar-refractivity contribution in [2.24, 2.45) is 5.73 Å². The first kappa shape index (κ1) is 71.1. The summed E-state index contributed by atoms with van der Waals surface area (Å²) in [4.78, 5) is 101. The summed E-state index contributed by atoms with van der Waals surface area (Å²) in [6, 6.07) is -2.22. The van der Waals surface area contributed by atoms with Crippen LogP contribution < -0.4 is 27.0 Å². The number of carbonyl (C=O) groups excluding carboxylic acids is 8. The predicted molar refractivity (Wildman–Crippen MR) is 299 cm³/mol.